The third kappa shape index (κ3) is 8.39. The minimum atomic E-state index is -0.841. The summed E-state index contributed by atoms with van der Waals surface area (Å²) in [6, 6.07) is 5.65. The predicted molar refractivity (Wildman–Crippen MR) is 97.2 cm³/mol. The molecule has 7 nitrogen and oxygen atoms in total. The van der Waals surface area contributed by atoms with Gasteiger partial charge < -0.3 is 19.5 Å². The second-order valence-electron chi connectivity index (χ2n) is 6.91. The van der Waals surface area contributed by atoms with Gasteiger partial charge >= 0.3 is 12.1 Å². The summed E-state index contributed by atoms with van der Waals surface area (Å²) in [4.78, 5) is 24.5. The van der Waals surface area contributed by atoms with Gasteiger partial charge in [-0.1, -0.05) is 6.07 Å². The summed E-state index contributed by atoms with van der Waals surface area (Å²) >= 11 is 0. The monoisotopic (exact) mass is 352 g/mol. The molecule has 0 heterocycles. The molecule has 0 aliphatic heterocycles. The van der Waals surface area contributed by atoms with Crippen LogP contribution in [0.15, 0.2) is 18.2 Å². The van der Waals surface area contributed by atoms with Crippen LogP contribution in [0.25, 0.3) is 0 Å². The summed E-state index contributed by atoms with van der Waals surface area (Å²) in [7, 11) is 3.82. The van der Waals surface area contributed by atoms with Crippen LogP contribution in [-0.4, -0.2) is 43.5 Å². The molecule has 1 rings (SSSR count). The number of aliphatic carboxylic acids is 1. The Kier molecular flexibility index (Phi) is 7.70. The molecule has 25 heavy (non-hydrogen) atoms. The Morgan fingerprint density at radius 1 is 1.24 bits per heavy atom. The third-order valence-corrected chi connectivity index (χ3v) is 3.18. The number of rotatable bonds is 8. The van der Waals surface area contributed by atoms with E-state index in [9.17, 15) is 9.59 Å². The molecule has 0 unspecified atom stereocenters. The van der Waals surface area contributed by atoms with Gasteiger partial charge in [0.2, 0.25) is 0 Å². The Labute approximate surface area is 148 Å². The van der Waals surface area contributed by atoms with E-state index < -0.39 is 17.7 Å². The number of carboxylic acid groups (broad SMARTS) is 1. The number of amides is 1. The number of anilines is 2. The van der Waals surface area contributed by atoms with Gasteiger partial charge in [-0.25, -0.2) is 4.79 Å². The van der Waals surface area contributed by atoms with E-state index in [-0.39, 0.29) is 13.0 Å². The molecular weight excluding hydrogens is 324 g/mol. The van der Waals surface area contributed by atoms with Crippen molar-refractivity contribution in [3.05, 3.63) is 23.8 Å². The molecule has 0 fully saturated rings. The Bertz CT molecular complexity index is 594. The molecule has 1 amide bonds. The molecule has 0 aliphatic rings. The van der Waals surface area contributed by atoms with Crippen LogP contribution in [0.2, 0.25) is 0 Å². The van der Waals surface area contributed by atoms with Crippen LogP contribution in [0.3, 0.4) is 0 Å². The first-order valence-corrected chi connectivity index (χ1v) is 8.18. The number of carbonyl (C=O) groups excluding carboxylic acids is 1. The standard InChI is InChI=1S/C18H28N2O5/c1-18(2,3)25-17(23)19-15-11-14(20(4)5)9-8-13(15)12-24-10-6-7-16(21)22/h8-9,11H,6-7,10,12H2,1-5H3,(H,19,23)(H,21,22). The zero-order chi connectivity index (χ0) is 19.0. The van der Waals surface area contributed by atoms with E-state index in [0.717, 1.165) is 11.3 Å². The van der Waals surface area contributed by atoms with Crippen LogP contribution in [0.1, 0.15) is 39.2 Å². The summed E-state index contributed by atoms with van der Waals surface area (Å²) < 4.78 is 10.8. The molecule has 0 spiro atoms. The summed E-state index contributed by atoms with van der Waals surface area (Å²) in [5, 5.41) is 11.4. The second-order valence-corrected chi connectivity index (χ2v) is 6.91. The van der Waals surface area contributed by atoms with E-state index in [0.29, 0.717) is 18.7 Å². The predicted octanol–water partition coefficient (Wildman–Crippen LogP) is 3.48. The van der Waals surface area contributed by atoms with E-state index in [1.54, 1.807) is 20.8 Å². The quantitative estimate of drug-likeness (QED) is 0.697. The Morgan fingerprint density at radius 3 is 2.48 bits per heavy atom. The number of ether oxygens (including phenoxy) is 2. The smallest absolute Gasteiger partial charge is 0.412 e. The van der Waals surface area contributed by atoms with Gasteiger partial charge in [0.05, 0.1) is 12.3 Å². The van der Waals surface area contributed by atoms with Crippen molar-refractivity contribution in [1.82, 2.24) is 0 Å². The first kappa shape index (κ1) is 20.8. The van der Waals surface area contributed by atoms with E-state index in [4.69, 9.17) is 14.6 Å². The highest BCUT2D eigenvalue weighted by Gasteiger charge is 2.17. The van der Waals surface area contributed by atoms with Crippen LogP contribution < -0.4 is 10.2 Å². The fourth-order valence-corrected chi connectivity index (χ4v) is 2.01. The van der Waals surface area contributed by atoms with E-state index >= 15 is 0 Å². The Balaban J connectivity index is 2.78. The van der Waals surface area contributed by atoms with Crippen molar-refractivity contribution >= 4 is 23.4 Å². The highest BCUT2D eigenvalue weighted by Crippen LogP contribution is 2.24. The number of carboxylic acids is 1. The lowest BCUT2D eigenvalue weighted by Gasteiger charge is -2.21. The highest BCUT2D eigenvalue weighted by molar-refractivity contribution is 5.87. The van der Waals surface area contributed by atoms with E-state index in [1.807, 2.05) is 37.2 Å². The zero-order valence-corrected chi connectivity index (χ0v) is 15.6. The van der Waals surface area contributed by atoms with Gasteiger partial charge in [0.1, 0.15) is 5.60 Å². The van der Waals surface area contributed by atoms with E-state index in [1.165, 1.54) is 0 Å². The Morgan fingerprint density at radius 2 is 1.92 bits per heavy atom. The van der Waals surface area contributed by atoms with Crippen molar-refractivity contribution in [2.24, 2.45) is 0 Å². The van der Waals surface area contributed by atoms with Crippen LogP contribution in [0, 0.1) is 0 Å². The maximum absolute atomic E-state index is 12.1. The number of nitrogens with one attached hydrogen (secondary N) is 1. The maximum atomic E-state index is 12.1. The number of hydrogen-bond donors (Lipinski definition) is 2. The summed E-state index contributed by atoms with van der Waals surface area (Å²) in [5.74, 6) is -0.841. The van der Waals surface area contributed by atoms with Crippen molar-refractivity contribution in [2.45, 2.75) is 45.8 Å². The number of benzene rings is 1. The van der Waals surface area contributed by atoms with Crippen molar-refractivity contribution in [3.63, 3.8) is 0 Å². The van der Waals surface area contributed by atoms with Crippen LogP contribution in [-0.2, 0) is 20.9 Å². The molecule has 0 saturated carbocycles. The summed E-state index contributed by atoms with van der Waals surface area (Å²) in [5.41, 5.74) is 1.75. The Hall–Kier alpha value is -2.28. The van der Waals surface area contributed by atoms with Gasteiger partial charge in [-0.15, -0.1) is 0 Å². The number of carbonyl (C=O) groups is 2. The van der Waals surface area contributed by atoms with Crippen molar-refractivity contribution in [2.75, 3.05) is 30.9 Å². The molecule has 0 radical (unpaired) electrons. The zero-order valence-electron chi connectivity index (χ0n) is 15.6. The van der Waals surface area contributed by atoms with E-state index in [2.05, 4.69) is 5.32 Å². The lowest BCUT2D eigenvalue weighted by atomic mass is 10.1. The average molecular weight is 352 g/mol. The summed E-state index contributed by atoms with van der Waals surface area (Å²) in [6.45, 7) is 6.02. The molecular formula is C18H28N2O5. The third-order valence-electron chi connectivity index (χ3n) is 3.18. The van der Waals surface area contributed by atoms with Gasteiger partial charge in [0.15, 0.2) is 0 Å². The maximum Gasteiger partial charge on any atom is 0.412 e. The first-order valence-electron chi connectivity index (χ1n) is 8.18. The second kappa shape index (κ2) is 9.27. The molecule has 140 valence electrons. The number of hydrogen-bond acceptors (Lipinski definition) is 5. The van der Waals surface area contributed by atoms with Gasteiger partial charge in [-0.2, -0.15) is 0 Å². The first-order chi connectivity index (χ1) is 11.6. The fourth-order valence-electron chi connectivity index (χ4n) is 2.01. The minimum Gasteiger partial charge on any atom is -0.481 e. The van der Waals surface area contributed by atoms with Gasteiger partial charge in [-0.05, 0) is 39.3 Å². The highest BCUT2D eigenvalue weighted by atomic mass is 16.6. The average Bonchev–Trinajstić information content (AvgIpc) is 2.45. The number of nitrogens with zero attached hydrogens (tertiary/aromatic N) is 1. The van der Waals surface area contributed by atoms with Crippen LogP contribution >= 0.6 is 0 Å². The molecule has 0 bridgehead atoms. The molecule has 0 saturated heterocycles. The van der Waals surface area contributed by atoms with Gasteiger partial charge in [0.25, 0.3) is 0 Å². The molecule has 0 aliphatic carbocycles. The SMILES string of the molecule is CN(C)c1ccc(COCCCC(=O)O)c(NC(=O)OC(C)(C)C)c1. The minimum absolute atomic E-state index is 0.0720. The van der Waals surface area contributed by atoms with Crippen LogP contribution in [0.5, 0.6) is 0 Å². The topological polar surface area (TPSA) is 88.1 Å². The summed E-state index contributed by atoms with van der Waals surface area (Å²) in [6.07, 6.45) is -0.0155. The largest absolute Gasteiger partial charge is 0.481 e. The molecule has 0 aromatic heterocycles. The molecule has 1 aromatic carbocycles. The lowest BCUT2D eigenvalue weighted by molar-refractivity contribution is -0.137. The molecule has 2 N–H and O–H groups in total. The molecule has 1 aromatic rings. The van der Waals surface area contributed by atoms with Crippen molar-refractivity contribution in [1.29, 1.82) is 0 Å². The van der Waals surface area contributed by atoms with Crippen LogP contribution in [0.4, 0.5) is 16.2 Å². The molecule has 7 heteroatoms. The lowest BCUT2D eigenvalue weighted by Crippen LogP contribution is -2.27. The van der Waals surface area contributed by atoms with Gasteiger partial charge in [0, 0.05) is 38.4 Å². The van der Waals surface area contributed by atoms with Crippen molar-refractivity contribution < 1.29 is 24.2 Å². The normalized spacial score (nSPS) is 11.1. The van der Waals surface area contributed by atoms with Gasteiger partial charge in [-0.3, -0.25) is 10.1 Å². The van der Waals surface area contributed by atoms with Crippen molar-refractivity contribution in [3.8, 4) is 0 Å². The fraction of sp³-hybridized carbons (Fsp3) is 0.556. The molecule has 0 atom stereocenters.